The molecule has 2 aliphatic rings. The van der Waals surface area contributed by atoms with Crippen molar-refractivity contribution in [3.8, 4) is 11.5 Å². The number of benzene rings is 1. The highest BCUT2D eigenvalue weighted by Gasteiger charge is 2.29. The summed E-state index contributed by atoms with van der Waals surface area (Å²) in [5.41, 5.74) is 0.908. The van der Waals surface area contributed by atoms with Crippen molar-refractivity contribution in [3.63, 3.8) is 0 Å². The highest BCUT2D eigenvalue weighted by molar-refractivity contribution is 5.89. The standard InChI is InChI=1S/C18H24N2O5/c1-11(2)16(20-17(21)14-4-3-7-23-14)18(22)19-9-12-5-6-13-15(8-12)25-10-24-13/h5-6,8,11,14,16H,3-4,7,9-10H2,1-2H3,(H,19,22)(H,20,21)/t14?,16-/m0/s1. The van der Waals surface area contributed by atoms with E-state index in [1.54, 1.807) is 0 Å². The summed E-state index contributed by atoms with van der Waals surface area (Å²) < 4.78 is 16.0. The second-order valence-corrected chi connectivity index (χ2v) is 6.64. The minimum Gasteiger partial charge on any atom is -0.454 e. The van der Waals surface area contributed by atoms with Gasteiger partial charge in [-0.3, -0.25) is 9.59 Å². The van der Waals surface area contributed by atoms with Crippen LogP contribution in [-0.4, -0.2) is 37.4 Å². The second kappa shape index (κ2) is 7.74. The highest BCUT2D eigenvalue weighted by Crippen LogP contribution is 2.32. The van der Waals surface area contributed by atoms with Crippen LogP contribution >= 0.6 is 0 Å². The van der Waals surface area contributed by atoms with Crippen LogP contribution in [0.4, 0.5) is 0 Å². The van der Waals surface area contributed by atoms with Gasteiger partial charge in [0.25, 0.3) is 0 Å². The highest BCUT2D eigenvalue weighted by atomic mass is 16.7. The SMILES string of the molecule is CC(C)[C@H](NC(=O)C1CCCO1)C(=O)NCc1ccc2c(c1)OCO2. The number of hydrogen-bond donors (Lipinski definition) is 2. The van der Waals surface area contributed by atoms with Crippen molar-refractivity contribution in [2.75, 3.05) is 13.4 Å². The lowest BCUT2D eigenvalue weighted by Crippen LogP contribution is -2.52. The Morgan fingerprint density at radius 3 is 2.76 bits per heavy atom. The van der Waals surface area contributed by atoms with Crippen LogP contribution in [0.25, 0.3) is 0 Å². The largest absolute Gasteiger partial charge is 0.454 e. The van der Waals surface area contributed by atoms with Gasteiger partial charge in [0.2, 0.25) is 18.6 Å². The molecule has 0 radical (unpaired) electrons. The Balaban J connectivity index is 1.56. The number of carbonyl (C=O) groups excluding carboxylic acids is 2. The molecule has 0 spiro atoms. The zero-order chi connectivity index (χ0) is 17.8. The molecule has 1 aromatic rings. The zero-order valence-corrected chi connectivity index (χ0v) is 14.5. The van der Waals surface area contributed by atoms with Gasteiger partial charge in [-0.2, -0.15) is 0 Å². The fraction of sp³-hybridized carbons (Fsp3) is 0.556. The monoisotopic (exact) mass is 348 g/mol. The molecule has 1 saturated heterocycles. The molecule has 0 aromatic heterocycles. The van der Waals surface area contributed by atoms with Crippen LogP contribution in [0.5, 0.6) is 11.5 Å². The molecule has 2 heterocycles. The Hall–Kier alpha value is -2.28. The molecule has 136 valence electrons. The number of fused-ring (bicyclic) bond motifs is 1. The Bertz CT molecular complexity index is 640. The fourth-order valence-electron chi connectivity index (χ4n) is 2.92. The average Bonchev–Trinajstić information content (AvgIpc) is 3.27. The Labute approximate surface area is 147 Å². The third kappa shape index (κ3) is 4.22. The predicted molar refractivity (Wildman–Crippen MR) is 90.2 cm³/mol. The minimum absolute atomic E-state index is 0.0258. The van der Waals surface area contributed by atoms with Crippen molar-refractivity contribution in [2.24, 2.45) is 5.92 Å². The first kappa shape index (κ1) is 17.5. The maximum Gasteiger partial charge on any atom is 0.249 e. The van der Waals surface area contributed by atoms with Crippen LogP contribution in [-0.2, 0) is 20.9 Å². The molecular weight excluding hydrogens is 324 g/mol. The van der Waals surface area contributed by atoms with Gasteiger partial charge < -0.3 is 24.8 Å². The van der Waals surface area contributed by atoms with Gasteiger partial charge in [-0.1, -0.05) is 19.9 Å². The van der Waals surface area contributed by atoms with E-state index in [2.05, 4.69) is 10.6 Å². The Morgan fingerprint density at radius 2 is 2.04 bits per heavy atom. The lowest BCUT2D eigenvalue weighted by Gasteiger charge is -2.23. The Morgan fingerprint density at radius 1 is 1.24 bits per heavy atom. The van der Waals surface area contributed by atoms with Crippen LogP contribution in [0.1, 0.15) is 32.3 Å². The maximum atomic E-state index is 12.5. The molecule has 1 aromatic carbocycles. The Kier molecular flexibility index (Phi) is 5.43. The molecule has 2 amide bonds. The second-order valence-electron chi connectivity index (χ2n) is 6.64. The van der Waals surface area contributed by atoms with E-state index in [1.807, 2.05) is 32.0 Å². The van der Waals surface area contributed by atoms with Gasteiger partial charge in [-0.15, -0.1) is 0 Å². The van der Waals surface area contributed by atoms with Crippen molar-refractivity contribution < 1.29 is 23.8 Å². The van der Waals surface area contributed by atoms with Crippen molar-refractivity contribution in [2.45, 2.75) is 45.4 Å². The van der Waals surface area contributed by atoms with Crippen LogP contribution in [0, 0.1) is 5.92 Å². The molecule has 7 nitrogen and oxygen atoms in total. The van der Waals surface area contributed by atoms with Gasteiger partial charge in [-0.25, -0.2) is 0 Å². The average molecular weight is 348 g/mol. The summed E-state index contributed by atoms with van der Waals surface area (Å²) in [5.74, 6) is 0.938. The molecule has 25 heavy (non-hydrogen) atoms. The van der Waals surface area contributed by atoms with Crippen molar-refractivity contribution in [1.82, 2.24) is 10.6 Å². The summed E-state index contributed by atoms with van der Waals surface area (Å²) >= 11 is 0. The van der Waals surface area contributed by atoms with E-state index < -0.39 is 12.1 Å². The van der Waals surface area contributed by atoms with Crippen molar-refractivity contribution in [3.05, 3.63) is 23.8 Å². The van der Waals surface area contributed by atoms with E-state index >= 15 is 0 Å². The summed E-state index contributed by atoms with van der Waals surface area (Å²) in [7, 11) is 0. The quantitative estimate of drug-likeness (QED) is 0.810. The van der Waals surface area contributed by atoms with Gasteiger partial charge in [0.15, 0.2) is 11.5 Å². The predicted octanol–water partition coefficient (Wildman–Crippen LogP) is 1.35. The van der Waals surface area contributed by atoms with Gasteiger partial charge in [0.05, 0.1) is 0 Å². The first-order chi connectivity index (χ1) is 12.0. The number of nitrogens with one attached hydrogen (secondary N) is 2. The molecule has 2 N–H and O–H groups in total. The van der Waals surface area contributed by atoms with Crippen LogP contribution in [0.2, 0.25) is 0 Å². The third-order valence-corrected chi connectivity index (χ3v) is 4.37. The number of carbonyl (C=O) groups is 2. The lowest BCUT2D eigenvalue weighted by molar-refractivity contribution is -0.135. The van der Waals surface area contributed by atoms with E-state index in [0.29, 0.717) is 31.1 Å². The van der Waals surface area contributed by atoms with Crippen molar-refractivity contribution in [1.29, 1.82) is 0 Å². The molecule has 1 fully saturated rings. The number of ether oxygens (including phenoxy) is 3. The smallest absolute Gasteiger partial charge is 0.249 e. The zero-order valence-electron chi connectivity index (χ0n) is 14.5. The van der Waals surface area contributed by atoms with E-state index in [4.69, 9.17) is 14.2 Å². The van der Waals surface area contributed by atoms with Gasteiger partial charge in [-0.05, 0) is 36.5 Å². The molecule has 1 unspecified atom stereocenters. The molecule has 2 aliphatic heterocycles. The summed E-state index contributed by atoms with van der Waals surface area (Å²) in [6, 6.07) is 4.95. The molecule has 2 atom stereocenters. The van der Waals surface area contributed by atoms with E-state index in [9.17, 15) is 9.59 Å². The first-order valence-corrected chi connectivity index (χ1v) is 8.63. The number of hydrogen-bond acceptors (Lipinski definition) is 5. The van der Waals surface area contributed by atoms with Crippen LogP contribution in [0.15, 0.2) is 18.2 Å². The van der Waals surface area contributed by atoms with E-state index in [-0.39, 0.29) is 24.5 Å². The third-order valence-electron chi connectivity index (χ3n) is 4.37. The fourth-order valence-corrected chi connectivity index (χ4v) is 2.92. The summed E-state index contributed by atoms with van der Waals surface area (Å²) in [4.78, 5) is 24.7. The van der Waals surface area contributed by atoms with Gasteiger partial charge >= 0.3 is 0 Å². The lowest BCUT2D eigenvalue weighted by atomic mass is 10.0. The molecule has 3 rings (SSSR count). The van der Waals surface area contributed by atoms with Gasteiger partial charge in [0.1, 0.15) is 12.1 Å². The molecule has 0 saturated carbocycles. The van der Waals surface area contributed by atoms with E-state index in [0.717, 1.165) is 12.0 Å². The summed E-state index contributed by atoms with van der Waals surface area (Å²) in [6.07, 6.45) is 1.14. The normalized spacial score (nSPS) is 19.7. The number of rotatable bonds is 6. The molecule has 7 heteroatoms. The number of amides is 2. The molecule has 0 aliphatic carbocycles. The minimum atomic E-state index is -0.592. The first-order valence-electron chi connectivity index (χ1n) is 8.63. The summed E-state index contributed by atoms with van der Waals surface area (Å²) in [6.45, 7) is 4.98. The van der Waals surface area contributed by atoms with E-state index in [1.165, 1.54) is 0 Å². The summed E-state index contributed by atoms with van der Waals surface area (Å²) in [5, 5.41) is 5.69. The maximum absolute atomic E-state index is 12.5. The van der Waals surface area contributed by atoms with Crippen LogP contribution in [0.3, 0.4) is 0 Å². The van der Waals surface area contributed by atoms with Gasteiger partial charge in [0, 0.05) is 13.2 Å². The topological polar surface area (TPSA) is 85.9 Å². The van der Waals surface area contributed by atoms with Crippen molar-refractivity contribution >= 4 is 11.8 Å². The molecular formula is C18H24N2O5. The van der Waals surface area contributed by atoms with Crippen LogP contribution < -0.4 is 20.1 Å². The molecule has 0 bridgehead atoms.